The molecule has 0 radical (unpaired) electrons. The molecule has 4 rings (SSSR count). The molecule has 2 aliphatic heterocycles. The van der Waals surface area contributed by atoms with Crippen molar-refractivity contribution in [3.05, 3.63) is 40.1 Å². The minimum atomic E-state index is -0.250. The maximum atomic E-state index is 12.8. The summed E-state index contributed by atoms with van der Waals surface area (Å²) in [6, 6.07) is 4.07. The van der Waals surface area contributed by atoms with E-state index in [1.165, 1.54) is 14.8 Å². The van der Waals surface area contributed by atoms with Crippen LogP contribution in [0.2, 0.25) is 0 Å². The van der Waals surface area contributed by atoms with Gasteiger partial charge in [-0.15, -0.1) is 11.3 Å². The van der Waals surface area contributed by atoms with Gasteiger partial charge in [0.25, 0.3) is 5.91 Å². The van der Waals surface area contributed by atoms with Crippen LogP contribution in [0.3, 0.4) is 0 Å². The van der Waals surface area contributed by atoms with Gasteiger partial charge in [0.15, 0.2) is 0 Å². The molecule has 0 saturated carbocycles. The average Bonchev–Trinajstić information content (AvgIpc) is 3.26. The van der Waals surface area contributed by atoms with Gasteiger partial charge in [-0.05, 0) is 25.5 Å². The Hall–Kier alpha value is -1.70. The van der Waals surface area contributed by atoms with Gasteiger partial charge in [0.1, 0.15) is 6.04 Å². The zero-order valence-corrected chi connectivity index (χ0v) is 14.0. The lowest BCUT2D eigenvalue weighted by Gasteiger charge is -2.34. The first-order chi connectivity index (χ1) is 11.2. The standard InChI is InChI=1S/C16H20N4O2S/c1-12-3-4-14(23-12)9-18-8-13-7-17-11-19(13)15(10-18)16(21)20-5-2-6-22-20/h3-4,7,11,15H,2,5-6,8-10H2,1H3/t15-/m1/s1. The number of hydrogen-bond acceptors (Lipinski definition) is 5. The van der Waals surface area contributed by atoms with Crippen LogP contribution in [0, 0.1) is 6.92 Å². The van der Waals surface area contributed by atoms with Gasteiger partial charge in [-0.25, -0.2) is 10.0 Å². The molecule has 2 aromatic rings. The summed E-state index contributed by atoms with van der Waals surface area (Å²) >= 11 is 1.82. The van der Waals surface area contributed by atoms with E-state index in [9.17, 15) is 4.79 Å². The Morgan fingerprint density at radius 2 is 2.39 bits per heavy atom. The quantitative estimate of drug-likeness (QED) is 0.862. The maximum Gasteiger partial charge on any atom is 0.270 e. The molecule has 2 aliphatic rings. The van der Waals surface area contributed by atoms with Crippen molar-refractivity contribution in [3.63, 3.8) is 0 Å². The molecule has 2 aromatic heterocycles. The highest BCUT2D eigenvalue weighted by atomic mass is 32.1. The summed E-state index contributed by atoms with van der Waals surface area (Å²) in [6.45, 7) is 5.82. The molecule has 0 unspecified atom stereocenters. The highest BCUT2D eigenvalue weighted by molar-refractivity contribution is 7.11. The second-order valence-electron chi connectivity index (χ2n) is 6.12. The smallest absolute Gasteiger partial charge is 0.270 e. The van der Waals surface area contributed by atoms with Crippen LogP contribution in [-0.4, -0.2) is 45.1 Å². The molecule has 4 heterocycles. The predicted molar refractivity (Wildman–Crippen MR) is 86.7 cm³/mol. The van der Waals surface area contributed by atoms with E-state index >= 15 is 0 Å². The monoisotopic (exact) mass is 332 g/mol. The highest BCUT2D eigenvalue weighted by Gasteiger charge is 2.34. The van der Waals surface area contributed by atoms with Crippen LogP contribution in [0.5, 0.6) is 0 Å². The Bertz CT molecular complexity index is 705. The molecule has 1 saturated heterocycles. The van der Waals surface area contributed by atoms with E-state index in [-0.39, 0.29) is 11.9 Å². The third-order valence-corrected chi connectivity index (χ3v) is 5.34. The fraction of sp³-hybridized carbons (Fsp3) is 0.500. The van der Waals surface area contributed by atoms with Crippen molar-refractivity contribution in [1.29, 1.82) is 0 Å². The van der Waals surface area contributed by atoms with Gasteiger partial charge in [0.05, 0.1) is 25.2 Å². The maximum absolute atomic E-state index is 12.8. The fourth-order valence-electron chi connectivity index (χ4n) is 3.26. The summed E-state index contributed by atoms with van der Waals surface area (Å²) < 4.78 is 2.00. The van der Waals surface area contributed by atoms with Gasteiger partial charge in [-0.2, -0.15) is 0 Å². The number of amides is 1. The Morgan fingerprint density at radius 3 is 3.13 bits per heavy atom. The summed E-state index contributed by atoms with van der Waals surface area (Å²) in [4.78, 5) is 27.4. The van der Waals surface area contributed by atoms with Crippen LogP contribution in [0.1, 0.15) is 27.9 Å². The Kier molecular flexibility index (Phi) is 3.92. The van der Waals surface area contributed by atoms with E-state index in [0.717, 1.165) is 25.2 Å². The Labute approximate surface area is 139 Å². The number of aryl methyl sites for hydroxylation is 1. The molecule has 0 bridgehead atoms. The first-order valence-corrected chi connectivity index (χ1v) is 8.75. The zero-order valence-electron chi connectivity index (χ0n) is 13.1. The topological polar surface area (TPSA) is 50.6 Å². The molecular formula is C16H20N4O2S. The molecule has 122 valence electrons. The van der Waals surface area contributed by atoms with Gasteiger partial charge in [0.2, 0.25) is 0 Å². The summed E-state index contributed by atoms with van der Waals surface area (Å²) in [6.07, 6.45) is 4.53. The number of rotatable bonds is 3. The third-order valence-electron chi connectivity index (χ3n) is 4.36. The van der Waals surface area contributed by atoms with Crippen LogP contribution in [0.4, 0.5) is 0 Å². The number of carbonyl (C=O) groups excluding carboxylic acids is 1. The van der Waals surface area contributed by atoms with E-state index in [2.05, 4.69) is 28.9 Å². The lowest BCUT2D eigenvalue weighted by Crippen LogP contribution is -2.44. The number of thiophene rings is 1. The Balaban J connectivity index is 1.55. The predicted octanol–water partition coefficient (Wildman–Crippen LogP) is 1.97. The SMILES string of the molecule is Cc1ccc(CN2Cc3cncn3[C@@H](C(=O)N3CCCO3)C2)s1. The van der Waals surface area contributed by atoms with Crippen molar-refractivity contribution in [1.82, 2.24) is 19.5 Å². The second-order valence-corrected chi connectivity index (χ2v) is 7.49. The Morgan fingerprint density at radius 1 is 1.48 bits per heavy atom. The summed E-state index contributed by atoms with van der Waals surface area (Å²) in [5.74, 6) is 0.0359. The van der Waals surface area contributed by atoms with E-state index < -0.39 is 0 Å². The van der Waals surface area contributed by atoms with Crippen molar-refractivity contribution in [2.24, 2.45) is 0 Å². The molecule has 1 atom stereocenters. The van der Waals surface area contributed by atoms with Crippen LogP contribution in [0.15, 0.2) is 24.7 Å². The summed E-state index contributed by atoms with van der Waals surface area (Å²) in [5, 5.41) is 1.52. The van der Waals surface area contributed by atoms with E-state index in [1.807, 2.05) is 22.1 Å². The largest absolute Gasteiger partial charge is 0.319 e. The van der Waals surface area contributed by atoms with Crippen molar-refractivity contribution in [3.8, 4) is 0 Å². The van der Waals surface area contributed by atoms with E-state index in [4.69, 9.17) is 4.84 Å². The number of hydrogen-bond donors (Lipinski definition) is 0. The molecule has 23 heavy (non-hydrogen) atoms. The highest BCUT2D eigenvalue weighted by Crippen LogP contribution is 2.26. The minimum Gasteiger partial charge on any atom is -0.319 e. The fourth-order valence-corrected chi connectivity index (χ4v) is 4.19. The van der Waals surface area contributed by atoms with Gasteiger partial charge < -0.3 is 4.57 Å². The lowest BCUT2D eigenvalue weighted by atomic mass is 10.1. The van der Waals surface area contributed by atoms with Gasteiger partial charge in [-0.3, -0.25) is 14.5 Å². The second kappa shape index (κ2) is 6.07. The first-order valence-electron chi connectivity index (χ1n) is 7.93. The van der Waals surface area contributed by atoms with Gasteiger partial charge in [0, 0.05) is 35.6 Å². The number of fused-ring (bicyclic) bond motifs is 1. The zero-order chi connectivity index (χ0) is 15.8. The molecule has 7 heteroatoms. The molecule has 0 aromatic carbocycles. The lowest BCUT2D eigenvalue weighted by molar-refractivity contribution is -0.173. The first kappa shape index (κ1) is 14.9. The van der Waals surface area contributed by atoms with Crippen LogP contribution in [-0.2, 0) is 22.7 Å². The van der Waals surface area contributed by atoms with Gasteiger partial charge >= 0.3 is 0 Å². The van der Waals surface area contributed by atoms with Gasteiger partial charge in [-0.1, -0.05) is 0 Å². The van der Waals surface area contributed by atoms with Crippen molar-refractivity contribution in [2.75, 3.05) is 19.7 Å². The molecule has 0 spiro atoms. The molecule has 1 amide bonds. The van der Waals surface area contributed by atoms with E-state index in [1.54, 1.807) is 6.33 Å². The number of aromatic nitrogens is 2. The third kappa shape index (κ3) is 2.91. The minimum absolute atomic E-state index is 0.0359. The van der Waals surface area contributed by atoms with Crippen molar-refractivity contribution >= 4 is 17.2 Å². The van der Waals surface area contributed by atoms with E-state index in [0.29, 0.717) is 19.7 Å². The number of nitrogens with zero attached hydrogens (tertiary/aromatic N) is 4. The number of carbonyl (C=O) groups is 1. The van der Waals surface area contributed by atoms with Crippen molar-refractivity contribution in [2.45, 2.75) is 32.5 Å². The molecule has 1 fully saturated rings. The molecule has 0 N–H and O–H groups in total. The molecule has 0 aliphatic carbocycles. The average molecular weight is 332 g/mol. The molecule has 6 nitrogen and oxygen atoms in total. The normalized spacial score (nSPS) is 21.6. The number of hydroxylamine groups is 2. The molecular weight excluding hydrogens is 312 g/mol. The summed E-state index contributed by atoms with van der Waals surface area (Å²) in [5.41, 5.74) is 1.09. The van der Waals surface area contributed by atoms with Crippen LogP contribution >= 0.6 is 11.3 Å². The van der Waals surface area contributed by atoms with Crippen molar-refractivity contribution < 1.29 is 9.63 Å². The number of imidazole rings is 1. The van der Waals surface area contributed by atoms with Crippen LogP contribution in [0.25, 0.3) is 0 Å². The summed E-state index contributed by atoms with van der Waals surface area (Å²) in [7, 11) is 0. The van der Waals surface area contributed by atoms with Crippen LogP contribution < -0.4 is 0 Å².